The van der Waals surface area contributed by atoms with Crippen LogP contribution in [0.25, 0.3) is 0 Å². The number of carbonyl (C=O) groups is 2. The molecule has 2 fully saturated rings. The van der Waals surface area contributed by atoms with Crippen LogP contribution in [0.1, 0.15) is 37.7 Å². The normalized spacial score (nSPS) is 21.2. The zero-order valence-corrected chi connectivity index (χ0v) is 17.2. The standard InChI is InChI=1S/C20H22N2O4S2/c1-14-8-10-15(11-9-14)21-18(23)13-17(20(21)24)22(16-5-2-3-6-16)28(25,26)19-7-4-12-27-19/h4,7-12,16-17H,2-3,5-6,13H2,1H3. The lowest BCUT2D eigenvalue weighted by Crippen LogP contribution is -2.49. The van der Waals surface area contributed by atoms with Crippen molar-refractivity contribution >= 4 is 38.9 Å². The highest BCUT2D eigenvalue weighted by molar-refractivity contribution is 7.91. The van der Waals surface area contributed by atoms with Crippen LogP contribution in [0.15, 0.2) is 46.0 Å². The van der Waals surface area contributed by atoms with Gasteiger partial charge in [-0.25, -0.2) is 13.3 Å². The van der Waals surface area contributed by atoms with E-state index in [0.717, 1.165) is 34.6 Å². The van der Waals surface area contributed by atoms with Crippen LogP contribution in [0.5, 0.6) is 0 Å². The second kappa shape index (κ2) is 7.42. The Balaban J connectivity index is 1.72. The molecule has 1 atom stereocenters. The van der Waals surface area contributed by atoms with Crippen molar-refractivity contribution in [3.8, 4) is 0 Å². The van der Waals surface area contributed by atoms with E-state index < -0.39 is 22.0 Å². The van der Waals surface area contributed by atoms with E-state index in [-0.39, 0.29) is 22.6 Å². The molecule has 1 unspecified atom stereocenters. The minimum atomic E-state index is -3.84. The molecule has 2 aromatic rings. The number of anilines is 1. The second-order valence-corrected chi connectivity index (χ2v) is 10.3. The van der Waals surface area contributed by atoms with Crippen LogP contribution in [0.2, 0.25) is 0 Å². The first-order valence-electron chi connectivity index (χ1n) is 9.40. The largest absolute Gasteiger partial charge is 0.274 e. The fourth-order valence-electron chi connectivity index (χ4n) is 4.07. The van der Waals surface area contributed by atoms with E-state index in [4.69, 9.17) is 0 Å². The Morgan fingerprint density at radius 2 is 1.75 bits per heavy atom. The fourth-order valence-corrected chi connectivity index (χ4v) is 6.99. The fraction of sp³-hybridized carbons (Fsp3) is 0.400. The van der Waals surface area contributed by atoms with Crippen molar-refractivity contribution in [3.05, 3.63) is 47.3 Å². The molecule has 2 heterocycles. The lowest BCUT2D eigenvalue weighted by Gasteiger charge is -2.31. The molecule has 0 radical (unpaired) electrons. The first-order valence-corrected chi connectivity index (χ1v) is 11.7. The summed E-state index contributed by atoms with van der Waals surface area (Å²) in [5.74, 6) is -0.816. The number of carbonyl (C=O) groups excluding carboxylic acids is 2. The zero-order chi connectivity index (χ0) is 19.9. The van der Waals surface area contributed by atoms with Crippen LogP contribution in [0, 0.1) is 6.92 Å². The molecule has 1 aliphatic carbocycles. The smallest absolute Gasteiger partial charge is 0.253 e. The Hall–Kier alpha value is -2.03. The predicted molar refractivity (Wildman–Crippen MR) is 108 cm³/mol. The maximum Gasteiger partial charge on any atom is 0.253 e. The monoisotopic (exact) mass is 418 g/mol. The van der Waals surface area contributed by atoms with Crippen LogP contribution >= 0.6 is 11.3 Å². The van der Waals surface area contributed by atoms with Gasteiger partial charge in [-0.05, 0) is 43.3 Å². The SMILES string of the molecule is Cc1ccc(N2C(=O)CC(N(C3CCCC3)S(=O)(=O)c3cccs3)C2=O)cc1. The molecular weight excluding hydrogens is 396 g/mol. The van der Waals surface area contributed by atoms with E-state index in [1.807, 2.05) is 19.1 Å². The number of thiophene rings is 1. The first-order chi connectivity index (χ1) is 13.4. The van der Waals surface area contributed by atoms with Crippen LogP contribution in [-0.4, -0.2) is 36.6 Å². The summed E-state index contributed by atoms with van der Waals surface area (Å²) < 4.78 is 28.3. The van der Waals surface area contributed by atoms with Crippen molar-refractivity contribution in [2.75, 3.05) is 4.90 Å². The maximum atomic E-state index is 13.4. The van der Waals surface area contributed by atoms with Crippen LogP contribution in [0.4, 0.5) is 5.69 Å². The minimum absolute atomic E-state index is 0.117. The van der Waals surface area contributed by atoms with Gasteiger partial charge in [0.1, 0.15) is 10.3 Å². The number of hydrogen-bond acceptors (Lipinski definition) is 5. The van der Waals surface area contributed by atoms with Crippen molar-refractivity contribution in [3.63, 3.8) is 0 Å². The van der Waals surface area contributed by atoms with Gasteiger partial charge >= 0.3 is 0 Å². The summed E-state index contributed by atoms with van der Waals surface area (Å²) >= 11 is 1.14. The zero-order valence-electron chi connectivity index (χ0n) is 15.6. The van der Waals surface area contributed by atoms with Crippen molar-refractivity contribution < 1.29 is 18.0 Å². The number of aryl methyl sites for hydroxylation is 1. The number of benzene rings is 1. The third-order valence-electron chi connectivity index (χ3n) is 5.43. The summed E-state index contributed by atoms with van der Waals surface area (Å²) in [4.78, 5) is 27.1. The molecule has 0 spiro atoms. The molecule has 1 aliphatic heterocycles. The van der Waals surface area contributed by atoms with E-state index in [1.54, 1.807) is 29.6 Å². The summed E-state index contributed by atoms with van der Waals surface area (Å²) in [7, 11) is -3.84. The van der Waals surface area contributed by atoms with E-state index >= 15 is 0 Å². The Morgan fingerprint density at radius 3 is 2.36 bits per heavy atom. The van der Waals surface area contributed by atoms with Crippen LogP contribution in [0.3, 0.4) is 0 Å². The molecule has 1 saturated heterocycles. The van der Waals surface area contributed by atoms with Gasteiger partial charge in [0.25, 0.3) is 15.9 Å². The number of imide groups is 1. The Morgan fingerprint density at radius 1 is 1.07 bits per heavy atom. The summed E-state index contributed by atoms with van der Waals surface area (Å²) in [6, 6.07) is 9.13. The topological polar surface area (TPSA) is 74.8 Å². The first kappa shape index (κ1) is 19.3. The van der Waals surface area contributed by atoms with Gasteiger partial charge in [-0.2, -0.15) is 4.31 Å². The molecule has 6 nitrogen and oxygen atoms in total. The lowest BCUT2D eigenvalue weighted by atomic mass is 10.2. The molecule has 1 aromatic carbocycles. The molecule has 148 valence electrons. The van der Waals surface area contributed by atoms with Crippen LogP contribution < -0.4 is 4.90 Å². The molecule has 0 bridgehead atoms. The predicted octanol–water partition coefficient (Wildman–Crippen LogP) is 3.32. The number of nitrogens with zero attached hydrogens (tertiary/aromatic N) is 2. The van der Waals surface area contributed by atoms with E-state index in [0.29, 0.717) is 18.5 Å². The highest BCUT2D eigenvalue weighted by Crippen LogP contribution is 2.36. The highest BCUT2D eigenvalue weighted by Gasteiger charge is 2.49. The van der Waals surface area contributed by atoms with Gasteiger partial charge in [0, 0.05) is 6.04 Å². The van der Waals surface area contributed by atoms with Gasteiger partial charge in [-0.3, -0.25) is 9.59 Å². The van der Waals surface area contributed by atoms with E-state index in [2.05, 4.69) is 0 Å². The number of rotatable bonds is 5. The Bertz CT molecular complexity index is 978. The average Bonchev–Trinajstić information content (AvgIpc) is 3.40. The van der Waals surface area contributed by atoms with Crippen molar-refractivity contribution in [1.82, 2.24) is 4.31 Å². The van der Waals surface area contributed by atoms with Gasteiger partial charge in [0.15, 0.2) is 0 Å². The molecular formula is C20H22N2O4S2. The Labute approximate surface area is 168 Å². The minimum Gasteiger partial charge on any atom is -0.274 e. The number of sulfonamides is 1. The molecule has 2 aliphatic rings. The number of hydrogen-bond donors (Lipinski definition) is 0. The van der Waals surface area contributed by atoms with Crippen molar-refractivity contribution in [2.45, 2.75) is 55.3 Å². The summed E-state index contributed by atoms with van der Waals surface area (Å²) in [6.45, 7) is 1.93. The van der Waals surface area contributed by atoms with E-state index in [1.165, 1.54) is 4.31 Å². The summed E-state index contributed by atoms with van der Waals surface area (Å²) in [5, 5.41) is 1.71. The summed E-state index contributed by atoms with van der Waals surface area (Å²) in [5.41, 5.74) is 1.51. The average molecular weight is 419 g/mol. The lowest BCUT2D eigenvalue weighted by molar-refractivity contribution is -0.122. The highest BCUT2D eigenvalue weighted by atomic mass is 32.2. The molecule has 4 rings (SSSR count). The molecule has 1 saturated carbocycles. The molecule has 0 N–H and O–H groups in total. The molecule has 1 aromatic heterocycles. The third kappa shape index (κ3) is 3.29. The van der Waals surface area contributed by atoms with Gasteiger partial charge in [0.05, 0.1) is 12.1 Å². The third-order valence-corrected chi connectivity index (χ3v) is 8.77. The molecule has 28 heavy (non-hydrogen) atoms. The maximum absolute atomic E-state index is 13.4. The number of amides is 2. The van der Waals surface area contributed by atoms with E-state index in [9.17, 15) is 18.0 Å². The molecule has 2 amide bonds. The second-order valence-electron chi connectivity index (χ2n) is 7.33. The van der Waals surface area contributed by atoms with Crippen LogP contribution in [-0.2, 0) is 19.6 Å². The van der Waals surface area contributed by atoms with Gasteiger partial charge < -0.3 is 0 Å². The van der Waals surface area contributed by atoms with Crippen molar-refractivity contribution in [1.29, 1.82) is 0 Å². The summed E-state index contributed by atoms with van der Waals surface area (Å²) in [6.07, 6.45) is 3.17. The van der Waals surface area contributed by atoms with Gasteiger partial charge in [0.2, 0.25) is 5.91 Å². The quantitative estimate of drug-likeness (QED) is 0.698. The van der Waals surface area contributed by atoms with Gasteiger partial charge in [-0.15, -0.1) is 11.3 Å². The van der Waals surface area contributed by atoms with Crippen molar-refractivity contribution in [2.24, 2.45) is 0 Å². The van der Waals surface area contributed by atoms with Gasteiger partial charge in [-0.1, -0.05) is 36.6 Å². The Kier molecular flexibility index (Phi) is 5.11. The molecule has 8 heteroatoms.